The number of aliphatic hydroxyl groups excluding tert-OH is 1. The van der Waals surface area contributed by atoms with E-state index in [0.29, 0.717) is 5.88 Å². The number of alkyl halides is 1. The molecule has 1 N–H and O–H groups in total. The number of hydrogen-bond donors (Lipinski definition) is 1. The summed E-state index contributed by atoms with van der Waals surface area (Å²) in [4.78, 5) is 0. The van der Waals surface area contributed by atoms with Crippen molar-refractivity contribution in [3.63, 3.8) is 0 Å². The van der Waals surface area contributed by atoms with Crippen LogP contribution in [0, 0.1) is 5.41 Å². The minimum atomic E-state index is -0.385. The van der Waals surface area contributed by atoms with Gasteiger partial charge in [-0.25, -0.2) is 0 Å². The predicted molar refractivity (Wildman–Crippen MR) is 65.1 cm³/mol. The zero-order valence-electron chi connectivity index (χ0n) is 9.41. The first-order valence-corrected chi connectivity index (χ1v) is 5.87. The van der Waals surface area contributed by atoms with Crippen molar-refractivity contribution in [2.45, 2.75) is 32.8 Å². The quantitative estimate of drug-likeness (QED) is 0.758. The molecule has 0 fully saturated rings. The second-order valence-electron chi connectivity index (χ2n) is 4.73. The largest absolute Gasteiger partial charge is 0.388 e. The summed E-state index contributed by atoms with van der Waals surface area (Å²) in [6.45, 7) is 4.28. The molecule has 0 spiro atoms. The minimum Gasteiger partial charge on any atom is -0.388 e. The van der Waals surface area contributed by atoms with Gasteiger partial charge in [0, 0.05) is 5.88 Å². The van der Waals surface area contributed by atoms with Crippen LogP contribution < -0.4 is 0 Å². The molecule has 0 saturated carbocycles. The molecule has 0 aliphatic rings. The first-order chi connectivity index (χ1) is 7.05. The lowest BCUT2D eigenvalue weighted by atomic mass is 9.82. The molecule has 1 nitrogen and oxygen atoms in total. The highest BCUT2D eigenvalue weighted by molar-refractivity contribution is 6.17. The Morgan fingerprint density at radius 2 is 1.87 bits per heavy atom. The van der Waals surface area contributed by atoms with Crippen molar-refractivity contribution in [2.75, 3.05) is 5.88 Å². The summed E-state index contributed by atoms with van der Waals surface area (Å²) < 4.78 is 0. The standard InChI is InChI=1S/C13H19ClO/c1-13(2,8-9-14)10-12(15)11-6-4-3-5-7-11/h3-7,12,15H,8-10H2,1-2H3/t12-/m1/s1. The Hall–Kier alpha value is -0.530. The maximum absolute atomic E-state index is 10.0. The van der Waals surface area contributed by atoms with Gasteiger partial charge in [-0.3, -0.25) is 0 Å². The molecule has 0 aliphatic carbocycles. The van der Waals surface area contributed by atoms with Crippen molar-refractivity contribution < 1.29 is 5.11 Å². The van der Waals surface area contributed by atoms with Crippen LogP contribution in [0.4, 0.5) is 0 Å². The van der Waals surface area contributed by atoms with Gasteiger partial charge in [-0.2, -0.15) is 0 Å². The maximum Gasteiger partial charge on any atom is 0.0795 e. The third-order valence-electron chi connectivity index (χ3n) is 2.70. The molecule has 0 saturated heterocycles. The van der Waals surface area contributed by atoms with Crippen LogP contribution in [0.2, 0.25) is 0 Å². The van der Waals surface area contributed by atoms with E-state index in [2.05, 4.69) is 13.8 Å². The summed E-state index contributed by atoms with van der Waals surface area (Å²) >= 11 is 5.73. The fourth-order valence-corrected chi connectivity index (χ4v) is 2.19. The normalized spacial score (nSPS) is 13.9. The highest BCUT2D eigenvalue weighted by Gasteiger charge is 2.22. The van der Waals surface area contributed by atoms with Gasteiger partial charge < -0.3 is 5.11 Å². The van der Waals surface area contributed by atoms with Crippen LogP contribution >= 0.6 is 11.6 Å². The monoisotopic (exact) mass is 226 g/mol. The molecule has 0 amide bonds. The van der Waals surface area contributed by atoms with Crippen LogP contribution in [-0.2, 0) is 0 Å². The fraction of sp³-hybridized carbons (Fsp3) is 0.538. The van der Waals surface area contributed by atoms with Gasteiger partial charge in [-0.05, 0) is 23.8 Å². The molecule has 1 aromatic rings. The summed E-state index contributed by atoms with van der Waals surface area (Å²) in [6.07, 6.45) is 1.30. The third-order valence-corrected chi connectivity index (χ3v) is 2.89. The molecular weight excluding hydrogens is 208 g/mol. The molecule has 84 valence electrons. The van der Waals surface area contributed by atoms with Crippen molar-refractivity contribution in [1.82, 2.24) is 0 Å². The predicted octanol–water partition coefficient (Wildman–Crippen LogP) is 3.77. The summed E-state index contributed by atoms with van der Waals surface area (Å²) in [5.41, 5.74) is 1.08. The highest BCUT2D eigenvalue weighted by atomic mass is 35.5. The summed E-state index contributed by atoms with van der Waals surface area (Å²) in [5, 5.41) is 10.0. The molecule has 0 aromatic heterocycles. The molecule has 0 heterocycles. The number of rotatable bonds is 5. The Morgan fingerprint density at radius 1 is 1.27 bits per heavy atom. The van der Waals surface area contributed by atoms with Crippen molar-refractivity contribution in [2.24, 2.45) is 5.41 Å². The maximum atomic E-state index is 10.0. The Bertz CT molecular complexity index is 282. The number of aliphatic hydroxyl groups is 1. The van der Waals surface area contributed by atoms with Gasteiger partial charge in [-0.15, -0.1) is 11.6 Å². The lowest BCUT2D eigenvalue weighted by molar-refractivity contribution is 0.113. The molecule has 1 rings (SSSR count). The second-order valence-corrected chi connectivity index (χ2v) is 5.11. The van der Waals surface area contributed by atoms with E-state index in [1.807, 2.05) is 30.3 Å². The minimum absolute atomic E-state index is 0.0943. The average Bonchev–Trinajstić information content (AvgIpc) is 2.18. The summed E-state index contributed by atoms with van der Waals surface area (Å²) in [7, 11) is 0. The van der Waals surface area contributed by atoms with Crippen LogP contribution in [0.25, 0.3) is 0 Å². The lowest BCUT2D eigenvalue weighted by Gasteiger charge is -2.26. The van der Waals surface area contributed by atoms with Crippen LogP contribution in [0.1, 0.15) is 38.4 Å². The zero-order chi connectivity index (χ0) is 11.3. The van der Waals surface area contributed by atoms with E-state index in [-0.39, 0.29) is 11.5 Å². The molecule has 0 bridgehead atoms. The Balaban J connectivity index is 2.59. The van der Waals surface area contributed by atoms with Gasteiger partial charge >= 0.3 is 0 Å². The Kier molecular flexibility index (Phi) is 4.62. The van der Waals surface area contributed by atoms with Crippen LogP contribution in [0.3, 0.4) is 0 Å². The van der Waals surface area contributed by atoms with Crippen molar-refractivity contribution in [3.8, 4) is 0 Å². The van der Waals surface area contributed by atoms with Gasteiger partial charge in [0.15, 0.2) is 0 Å². The average molecular weight is 227 g/mol. The summed E-state index contributed by atoms with van der Waals surface area (Å²) in [6, 6.07) is 9.78. The van der Waals surface area contributed by atoms with Crippen LogP contribution in [0.5, 0.6) is 0 Å². The number of hydrogen-bond acceptors (Lipinski definition) is 1. The van der Waals surface area contributed by atoms with Crippen LogP contribution in [-0.4, -0.2) is 11.0 Å². The van der Waals surface area contributed by atoms with Crippen molar-refractivity contribution in [3.05, 3.63) is 35.9 Å². The van der Waals surface area contributed by atoms with E-state index in [1.54, 1.807) is 0 Å². The Morgan fingerprint density at radius 3 is 2.40 bits per heavy atom. The molecular formula is C13H19ClO. The van der Waals surface area contributed by atoms with Gasteiger partial charge in [0.05, 0.1) is 6.10 Å². The first-order valence-electron chi connectivity index (χ1n) is 5.34. The van der Waals surface area contributed by atoms with E-state index >= 15 is 0 Å². The van der Waals surface area contributed by atoms with E-state index < -0.39 is 0 Å². The molecule has 2 heteroatoms. The summed E-state index contributed by atoms with van der Waals surface area (Å²) in [5.74, 6) is 0.647. The van der Waals surface area contributed by atoms with Crippen molar-refractivity contribution >= 4 is 11.6 Å². The molecule has 0 unspecified atom stereocenters. The van der Waals surface area contributed by atoms with Gasteiger partial charge in [-0.1, -0.05) is 44.2 Å². The smallest absolute Gasteiger partial charge is 0.0795 e. The highest BCUT2D eigenvalue weighted by Crippen LogP contribution is 2.32. The SMILES string of the molecule is CC(C)(CCCl)C[C@@H](O)c1ccccc1. The van der Waals surface area contributed by atoms with Crippen molar-refractivity contribution in [1.29, 1.82) is 0 Å². The fourth-order valence-electron chi connectivity index (χ4n) is 1.67. The molecule has 1 aromatic carbocycles. The number of halogens is 1. The van der Waals surface area contributed by atoms with E-state index in [4.69, 9.17) is 11.6 Å². The second kappa shape index (κ2) is 5.53. The molecule has 0 radical (unpaired) electrons. The van der Waals surface area contributed by atoms with Crippen LogP contribution in [0.15, 0.2) is 30.3 Å². The van der Waals surface area contributed by atoms with E-state index in [9.17, 15) is 5.11 Å². The van der Waals surface area contributed by atoms with Gasteiger partial charge in [0.1, 0.15) is 0 Å². The molecule has 0 aliphatic heterocycles. The number of benzene rings is 1. The van der Waals surface area contributed by atoms with E-state index in [1.165, 1.54) is 0 Å². The first kappa shape index (κ1) is 12.5. The lowest BCUT2D eigenvalue weighted by Crippen LogP contribution is -2.16. The van der Waals surface area contributed by atoms with Gasteiger partial charge in [0.25, 0.3) is 0 Å². The molecule has 1 atom stereocenters. The Labute approximate surface area is 97.1 Å². The van der Waals surface area contributed by atoms with E-state index in [0.717, 1.165) is 18.4 Å². The zero-order valence-corrected chi connectivity index (χ0v) is 10.2. The van der Waals surface area contributed by atoms with Gasteiger partial charge in [0.2, 0.25) is 0 Å². The molecule has 15 heavy (non-hydrogen) atoms. The third kappa shape index (κ3) is 4.23. The topological polar surface area (TPSA) is 20.2 Å².